The molecule has 2 aromatic rings. The molecule has 2 aromatic heterocycles. The summed E-state index contributed by atoms with van der Waals surface area (Å²) >= 11 is 0. The molecule has 10 nitrogen and oxygen atoms in total. The molecular weight excluding hydrogens is 512 g/mol. The highest BCUT2D eigenvalue weighted by atomic mass is 16.6. The number of rotatable bonds is 10. The highest BCUT2D eigenvalue weighted by Gasteiger charge is 2.52. The van der Waals surface area contributed by atoms with Crippen LogP contribution in [0.25, 0.3) is 6.08 Å². The van der Waals surface area contributed by atoms with Gasteiger partial charge in [0.05, 0.1) is 24.7 Å². The summed E-state index contributed by atoms with van der Waals surface area (Å²) in [4.78, 5) is 47.6. The van der Waals surface area contributed by atoms with Gasteiger partial charge in [0.25, 0.3) is 0 Å². The first-order valence-corrected chi connectivity index (χ1v) is 13.6. The Morgan fingerprint density at radius 1 is 1.12 bits per heavy atom. The number of unbranched alkanes of at least 4 members (excludes halogenated alkanes) is 2. The van der Waals surface area contributed by atoms with E-state index in [0.29, 0.717) is 44.0 Å². The molecule has 3 heterocycles. The van der Waals surface area contributed by atoms with Crippen LogP contribution in [0.1, 0.15) is 72.8 Å². The van der Waals surface area contributed by atoms with Crippen molar-refractivity contribution >= 4 is 29.9 Å². The molecule has 1 aliphatic heterocycles. The molecule has 0 saturated carbocycles. The van der Waals surface area contributed by atoms with Gasteiger partial charge in [0.1, 0.15) is 11.4 Å². The molecule has 0 unspecified atom stereocenters. The van der Waals surface area contributed by atoms with Crippen molar-refractivity contribution in [2.75, 3.05) is 39.2 Å². The van der Waals surface area contributed by atoms with E-state index in [-0.39, 0.29) is 12.0 Å². The van der Waals surface area contributed by atoms with Crippen LogP contribution in [0, 0.1) is 0 Å². The average molecular weight is 551 g/mol. The van der Waals surface area contributed by atoms with E-state index in [1.54, 1.807) is 24.2 Å². The number of nitrogens with zero attached hydrogens (tertiary/aromatic N) is 3. The van der Waals surface area contributed by atoms with E-state index in [2.05, 4.69) is 15.3 Å². The summed E-state index contributed by atoms with van der Waals surface area (Å²) in [5.74, 6) is 0.0145. The maximum absolute atomic E-state index is 13.1. The van der Waals surface area contributed by atoms with Gasteiger partial charge in [-0.15, -0.1) is 0 Å². The lowest BCUT2D eigenvalue weighted by Gasteiger charge is -2.24. The summed E-state index contributed by atoms with van der Waals surface area (Å²) in [7, 11) is 3.08. The van der Waals surface area contributed by atoms with Crippen molar-refractivity contribution in [2.45, 2.75) is 63.9 Å². The van der Waals surface area contributed by atoms with Gasteiger partial charge in [-0.2, -0.15) is 0 Å². The fourth-order valence-electron chi connectivity index (χ4n) is 4.99. The number of carbonyl (C=O) groups excluding carboxylic acids is 3. The van der Waals surface area contributed by atoms with E-state index in [1.165, 1.54) is 13.3 Å². The molecule has 10 heteroatoms. The van der Waals surface area contributed by atoms with E-state index in [9.17, 15) is 14.4 Å². The van der Waals surface area contributed by atoms with Crippen molar-refractivity contribution in [2.24, 2.45) is 0 Å². The van der Waals surface area contributed by atoms with Gasteiger partial charge in [0, 0.05) is 50.3 Å². The number of hydrogen-bond donors (Lipinski definition) is 1. The second-order valence-electron chi connectivity index (χ2n) is 11.3. The van der Waals surface area contributed by atoms with Gasteiger partial charge in [-0.3, -0.25) is 9.78 Å². The molecule has 1 spiro atoms. The minimum Gasteiger partial charge on any atom is -0.465 e. The van der Waals surface area contributed by atoms with E-state index < -0.39 is 17.0 Å². The Kier molecular flexibility index (Phi) is 8.88. The van der Waals surface area contributed by atoms with Crippen LogP contribution in [0.15, 0.2) is 30.6 Å². The lowest BCUT2D eigenvalue weighted by molar-refractivity contribution is -0.120. The number of hydrogen-bond acceptors (Lipinski definition) is 8. The molecule has 4 rings (SSSR count). The molecule has 0 bridgehead atoms. The zero-order valence-electron chi connectivity index (χ0n) is 23.9. The Morgan fingerprint density at radius 3 is 2.67 bits per heavy atom. The fraction of sp³-hybridized carbons (Fsp3) is 0.500. The van der Waals surface area contributed by atoms with Gasteiger partial charge in [-0.05, 0) is 69.7 Å². The number of amides is 2. The predicted octanol–water partition coefficient (Wildman–Crippen LogP) is 4.32. The van der Waals surface area contributed by atoms with E-state index >= 15 is 0 Å². The first-order valence-electron chi connectivity index (χ1n) is 13.6. The van der Waals surface area contributed by atoms with Crippen LogP contribution in [-0.2, 0) is 37.3 Å². The molecule has 214 valence electrons. The van der Waals surface area contributed by atoms with Crippen molar-refractivity contribution in [3.63, 3.8) is 0 Å². The third-order valence-electron chi connectivity index (χ3n) is 7.05. The number of anilines is 1. The minimum absolute atomic E-state index is 0.102. The lowest BCUT2D eigenvalue weighted by Crippen LogP contribution is -2.35. The number of methoxy groups -OCH3 is 1. The Bertz CT molecular complexity index is 1300. The summed E-state index contributed by atoms with van der Waals surface area (Å²) in [6, 6.07) is 3.76. The second-order valence-corrected chi connectivity index (χ2v) is 11.3. The molecule has 1 aliphatic carbocycles. The first kappa shape index (κ1) is 29.2. The number of aromatic nitrogens is 2. The van der Waals surface area contributed by atoms with Crippen LogP contribution in [0.2, 0.25) is 0 Å². The third-order valence-corrected chi connectivity index (χ3v) is 7.05. The normalized spacial score (nSPS) is 17.6. The Balaban J connectivity index is 1.25. The standard InChI is InChI=1S/C30H38N4O6/c1-29(2,3)40-28(37)34(4)11-7-6-8-12-39-13-9-10-20-14-23-25(32-18-20)33-27(36)30(23)16-21-15-22(26(35)38-5)19-31-24(21)17-30/h9-10,14-15,18-19H,6-8,11-13,16-17H2,1-5H3,(H,32,33,36)/b10-9+/t30-/m0/s1. The number of fused-ring (bicyclic) bond motifs is 3. The van der Waals surface area contributed by atoms with E-state index in [0.717, 1.165) is 41.6 Å². The molecule has 0 fully saturated rings. The van der Waals surface area contributed by atoms with Gasteiger partial charge >= 0.3 is 12.1 Å². The van der Waals surface area contributed by atoms with Crippen LogP contribution in [0.4, 0.5) is 10.6 Å². The van der Waals surface area contributed by atoms with Crippen LogP contribution in [0.3, 0.4) is 0 Å². The highest BCUT2D eigenvalue weighted by molar-refractivity contribution is 6.06. The summed E-state index contributed by atoms with van der Waals surface area (Å²) in [6.07, 6.45) is 10.4. The van der Waals surface area contributed by atoms with E-state index in [1.807, 2.05) is 39.0 Å². The predicted molar refractivity (Wildman–Crippen MR) is 150 cm³/mol. The van der Waals surface area contributed by atoms with Gasteiger partial charge in [-0.1, -0.05) is 12.2 Å². The van der Waals surface area contributed by atoms with Crippen LogP contribution < -0.4 is 5.32 Å². The van der Waals surface area contributed by atoms with Crippen molar-refractivity contribution in [3.8, 4) is 0 Å². The highest BCUT2D eigenvalue weighted by Crippen LogP contribution is 2.46. The summed E-state index contributed by atoms with van der Waals surface area (Å²) in [5.41, 5.74) is 2.50. The van der Waals surface area contributed by atoms with Gasteiger partial charge < -0.3 is 24.4 Å². The molecule has 2 aliphatic rings. The second kappa shape index (κ2) is 12.2. The molecule has 0 saturated heterocycles. The van der Waals surface area contributed by atoms with Crippen molar-refractivity contribution in [1.29, 1.82) is 0 Å². The number of pyridine rings is 2. The SMILES string of the molecule is COC(=O)c1cnc2c(c1)C[C@@]1(C2)C(=O)Nc2ncc(/C=C/COCCCCCN(C)C(=O)OC(C)(C)C)cc21. The van der Waals surface area contributed by atoms with Gasteiger partial charge in [-0.25, -0.2) is 14.6 Å². The maximum atomic E-state index is 13.1. The summed E-state index contributed by atoms with van der Waals surface area (Å²) in [6.45, 7) is 7.31. The molecule has 1 N–H and O–H groups in total. The smallest absolute Gasteiger partial charge is 0.410 e. The maximum Gasteiger partial charge on any atom is 0.410 e. The fourth-order valence-corrected chi connectivity index (χ4v) is 4.99. The van der Waals surface area contributed by atoms with Crippen molar-refractivity contribution in [3.05, 3.63) is 58.6 Å². The molecule has 2 amide bonds. The van der Waals surface area contributed by atoms with Crippen LogP contribution in [0.5, 0.6) is 0 Å². The lowest BCUT2D eigenvalue weighted by atomic mass is 9.79. The number of carbonyl (C=O) groups is 3. The average Bonchev–Trinajstić information content (AvgIpc) is 3.42. The Morgan fingerprint density at radius 2 is 1.93 bits per heavy atom. The van der Waals surface area contributed by atoms with Gasteiger partial charge in [0.15, 0.2) is 0 Å². The van der Waals surface area contributed by atoms with Crippen LogP contribution in [-0.4, -0.2) is 72.4 Å². The van der Waals surface area contributed by atoms with E-state index in [4.69, 9.17) is 14.2 Å². The number of ether oxygens (including phenoxy) is 3. The largest absolute Gasteiger partial charge is 0.465 e. The first-order chi connectivity index (χ1) is 19.0. The summed E-state index contributed by atoms with van der Waals surface area (Å²) in [5, 5.41) is 2.92. The number of esters is 1. The van der Waals surface area contributed by atoms with Crippen molar-refractivity contribution < 1.29 is 28.6 Å². The zero-order valence-corrected chi connectivity index (χ0v) is 23.9. The monoisotopic (exact) mass is 550 g/mol. The molecular formula is C30H38N4O6. The zero-order chi connectivity index (χ0) is 28.9. The summed E-state index contributed by atoms with van der Waals surface area (Å²) < 4.78 is 15.9. The number of nitrogens with one attached hydrogen (secondary N) is 1. The Hall–Kier alpha value is -3.79. The van der Waals surface area contributed by atoms with Gasteiger partial charge in [0.2, 0.25) is 5.91 Å². The molecule has 40 heavy (non-hydrogen) atoms. The third kappa shape index (κ3) is 6.67. The minimum atomic E-state index is -0.787. The molecule has 0 aromatic carbocycles. The Labute approximate surface area is 235 Å². The quantitative estimate of drug-likeness (QED) is 0.343. The topological polar surface area (TPSA) is 120 Å². The van der Waals surface area contributed by atoms with Crippen LogP contribution >= 0.6 is 0 Å². The molecule has 1 atom stereocenters. The van der Waals surface area contributed by atoms with Crippen molar-refractivity contribution in [1.82, 2.24) is 14.9 Å². The molecule has 0 radical (unpaired) electrons.